The van der Waals surface area contributed by atoms with Gasteiger partial charge in [-0.1, -0.05) is 18.2 Å². The molecule has 1 heterocycles. The highest BCUT2D eigenvalue weighted by Gasteiger charge is 2.25. The number of aromatic hydroxyl groups is 1. The number of hydrogen-bond donors (Lipinski definition) is 2. The molecule has 1 amide bonds. The van der Waals surface area contributed by atoms with Gasteiger partial charge in [0.15, 0.2) is 0 Å². The second kappa shape index (κ2) is 8.19. The van der Waals surface area contributed by atoms with Crippen LogP contribution in [0.3, 0.4) is 0 Å². The molecule has 1 saturated heterocycles. The Kier molecular flexibility index (Phi) is 5.73. The zero-order chi connectivity index (χ0) is 18.5. The van der Waals surface area contributed by atoms with Crippen LogP contribution in [0, 0.1) is 5.82 Å². The molecule has 0 saturated carbocycles. The van der Waals surface area contributed by atoms with Crippen molar-refractivity contribution in [2.75, 3.05) is 31.1 Å². The highest BCUT2D eigenvalue weighted by Crippen LogP contribution is 2.20. The summed E-state index contributed by atoms with van der Waals surface area (Å²) in [6.45, 7) is 5.26. The van der Waals surface area contributed by atoms with Crippen LogP contribution in [0.4, 0.5) is 10.1 Å². The Hall–Kier alpha value is -2.60. The van der Waals surface area contributed by atoms with Crippen molar-refractivity contribution >= 4 is 11.6 Å². The van der Waals surface area contributed by atoms with E-state index < -0.39 is 0 Å². The lowest BCUT2D eigenvalue weighted by molar-refractivity contribution is -0.126. The molecule has 2 aromatic rings. The summed E-state index contributed by atoms with van der Waals surface area (Å²) in [5.41, 5.74) is 1.56. The van der Waals surface area contributed by atoms with Gasteiger partial charge in [0.05, 0.1) is 6.04 Å². The number of carbonyl (C=O) groups excluding carboxylic acids is 1. The Morgan fingerprint density at radius 1 is 1.12 bits per heavy atom. The maximum Gasteiger partial charge on any atom is 0.237 e. The van der Waals surface area contributed by atoms with E-state index in [-0.39, 0.29) is 30.1 Å². The number of piperazine rings is 1. The highest BCUT2D eigenvalue weighted by molar-refractivity contribution is 5.81. The van der Waals surface area contributed by atoms with Crippen LogP contribution >= 0.6 is 0 Å². The summed E-state index contributed by atoms with van der Waals surface area (Å²) in [5, 5.41) is 12.2. The summed E-state index contributed by atoms with van der Waals surface area (Å²) in [6, 6.07) is 13.4. The zero-order valence-corrected chi connectivity index (χ0v) is 14.9. The quantitative estimate of drug-likeness (QED) is 0.863. The van der Waals surface area contributed by atoms with Crippen molar-refractivity contribution in [2.45, 2.75) is 19.5 Å². The van der Waals surface area contributed by atoms with Crippen LogP contribution in [0.1, 0.15) is 12.5 Å². The molecule has 0 aliphatic carbocycles. The minimum atomic E-state index is -0.303. The van der Waals surface area contributed by atoms with Gasteiger partial charge in [-0.3, -0.25) is 9.69 Å². The Labute approximate surface area is 153 Å². The second-order valence-corrected chi connectivity index (χ2v) is 6.52. The first-order chi connectivity index (χ1) is 12.5. The number of hydrogen-bond acceptors (Lipinski definition) is 4. The first-order valence-electron chi connectivity index (χ1n) is 8.84. The van der Waals surface area contributed by atoms with Crippen LogP contribution in [0.15, 0.2) is 48.5 Å². The summed E-state index contributed by atoms with van der Waals surface area (Å²) in [7, 11) is 0. The van der Waals surface area contributed by atoms with Crippen LogP contribution in [0.5, 0.6) is 5.75 Å². The van der Waals surface area contributed by atoms with Crippen LogP contribution in [0.25, 0.3) is 0 Å². The van der Waals surface area contributed by atoms with Gasteiger partial charge in [0.25, 0.3) is 0 Å². The smallest absolute Gasteiger partial charge is 0.237 e. The van der Waals surface area contributed by atoms with Crippen LogP contribution in [0.2, 0.25) is 0 Å². The first-order valence-corrected chi connectivity index (χ1v) is 8.84. The molecule has 1 unspecified atom stereocenters. The number of benzene rings is 2. The highest BCUT2D eigenvalue weighted by atomic mass is 19.1. The molecule has 6 heteroatoms. The molecule has 3 rings (SSSR count). The van der Waals surface area contributed by atoms with E-state index >= 15 is 0 Å². The van der Waals surface area contributed by atoms with Crippen molar-refractivity contribution in [3.05, 3.63) is 59.9 Å². The van der Waals surface area contributed by atoms with Crippen LogP contribution in [-0.2, 0) is 11.3 Å². The summed E-state index contributed by atoms with van der Waals surface area (Å²) in [5.74, 6) is -0.137. The van der Waals surface area contributed by atoms with Crippen LogP contribution < -0.4 is 10.2 Å². The molecule has 1 aliphatic heterocycles. The zero-order valence-electron chi connectivity index (χ0n) is 14.9. The molecule has 26 heavy (non-hydrogen) atoms. The minimum Gasteiger partial charge on any atom is -0.508 e. The molecular formula is C20H24FN3O2. The lowest BCUT2D eigenvalue weighted by atomic mass is 10.1. The lowest BCUT2D eigenvalue weighted by Gasteiger charge is -2.38. The largest absolute Gasteiger partial charge is 0.508 e. The molecule has 1 aliphatic rings. The van der Waals surface area contributed by atoms with E-state index in [4.69, 9.17) is 0 Å². The van der Waals surface area contributed by atoms with E-state index in [1.807, 2.05) is 19.1 Å². The van der Waals surface area contributed by atoms with E-state index in [1.165, 1.54) is 6.07 Å². The average Bonchev–Trinajstić information content (AvgIpc) is 2.67. The van der Waals surface area contributed by atoms with Gasteiger partial charge in [-0.2, -0.15) is 0 Å². The van der Waals surface area contributed by atoms with Gasteiger partial charge in [0.2, 0.25) is 5.91 Å². The summed E-state index contributed by atoms with van der Waals surface area (Å²) in [6.07, 6.45) is 0. The van der Waals surface area contributed by atoms with Gasteiger partial charge in [-0.05, 0) is 37.3 Å². The number of nitrogens with zero attached hydrogens (tertiary/aromatic N) is 2. The fourth-order valence-corrected chi connectivity index (χ4v) is 3.17. The molecule has 2 aromatic carbocycles. The number of halogens is 1. The third-order valence-corrected chi connectivity index (χ3v) is 4.87. The molecule has 0 spiro atoms. The van der Waals surface area contributed by atoms with Gasteiger partial charge >= 0.3 is 0 Å². The van der Waals surface area contributed by atoms with Gasteiger partial charge in [-0.25, -0.2) is 4.39 Å². The van der Waals surface area contributed by atoms with Crippen molar-refractivity contribution in [3.8, 4) is 5.75 Å². The third-order valence-electron chi connectivity index (χ3n) is 4.87. The maximum atomic E-state index is 13.6. The van der Waals surface area contributed by atoms with E-state index in [9.17, 15) is 14.3 Å². The van der Waals surface area contributed by atoms with E-state index in [1.54, 1.807) is 30.3 Å². The molecule has 1 atom stereocenters. The van der Waals surface area contributed by atoms with E-state index in [2.05, 4.69) is 15.1 Å². The van der Waals surface area contributed by atoms with E-state index in [0.717, 1.165) is 31.9 Å². The lowest BCUT2D eigenvalue weighted by Crippen LogP contribution is -2.53. The fourth-order valence-electron chi connectivity index (χ4n) is 3.17. The Bertz CT molecular complexity index is 743. The summed E-state index contributed by atoms with van der Waals surface area (Å²) >= 11 is 0. The summed E-state index contributed by atoms with van der Waals surface area (Å²) < 4.78 is 13.6. The summed E-state index contributed by atoms with van der Waals surface area (Å²) in [4.78, 5) is 16.8. The van der Waals surface area contributed by atoms with Crippen molar-refractivity contribution < 1.29 is 14.3 Å². The SMILES string of the molecule is CC(C(=O)NCc1ccccc1F)N1CCN(c2ccc(O)cc2)CC1. The van der Waals surface area contributed by atoms with Gasteiger partial charge < -0.3 is 15.3 Å². The fraction of sp³-hybridized carbons (Fsp3) is 0.350. The van der Waals surface area contributed by atoms with Crippen molar-refractivity contribution in [1.82, 2.24) is 10.2 Å². The van der Waals surface area contributed by atoms with Crippen LogP contribution in [-0.4, -0.2) is 48.1 Å². The van der Waals surface area contributed by atoms with Crippen molar-refractivity contribution in [3.63, 3.8) is 0 Å². The number of phenolic OH excluding ortho intramolecular Hbond substituents is 1. The Balaban J connectivity index is 1.49. The molecule has 2 N–H and O–H groups in total. The van der Waals surface area contributed by atoms with Gasteiger partial charge in [-0.15, -0.1) is 0 Å². The molecule has 5 nitrogen and oxygen atoms in total. The Morgan fingerprint density at radius 3 is 2.42 bits per heavy atom. The standard InChI is InChI=1S/C20H24FN3O2/c1-15(20(26)22-14-16-4-2-3-5-19(16)21)23-10-12-24(13-11-23)17-6-8-18(25)9-7-17/h2-9,15,25H,10-14H2,1H3,(H,22,26). The molecule has 0 radical (unpaired) electrons. The van der Waals surface area contributed by atoms with Crippen molar-refractivity contribution in [1.29, 1.82) is 0 Å². The number of carbonyl (C=O) groups is 1. The monoisotopic (exact) mass is 357 g/mol. The number of anilines is 1. The number of nitrogens with one attached hydrogen (secondary N) is 1. The molecular weight excluding hydrogens is 333 g/mol. The number of phenols is 1. The second-order valence-electron chi connectivity index (χ2n) is 6.52. The van der Waals surface area contributed by atoms with E-state index in [0.29, 0.717) is 5.56 Å². The van der Waals surface area contributed by atoms with Gasteiger partial charge in [0, 0.05) is 44.0 Å². The topological polar surface area (TPSA) is 55.8 Å². The third kappa shape index (κ3) is 4.32. The predicted octanol–water partition coefficient (Wildman–Crippen LogP) is 2.36. The molecule has 0 bridgehead atoms. The minimum absolute atomic E-state index is 0.0914. The predicted molar refractivity (Wildman–Crippen MR) is 99.6 cm³/mol. The number of amides is 1. The first kappa shape index (κ1) is 18.2. The molecule has 138 valence electrons. The normalized spacial score (nSPS) is 16.3. The van der Waals surface area contributed by atoms with Crippen molar-refractivity contribution in [2.24, 2.45) is 0 Å². The Morgan fingerprint density at radius 2 is 1.77 bits per heavy atom. The molecule has 0 aromatic heterocycles. The molecule has 1 fully saturated rings. The van der Waals surface area contributed by atoms with Gasteiger partial charge in [0.1, 0.15) is 11.6 Å². The maximum absolute atomic E-state index is 13.6. The average molecular weight is 357 g/mol. The number of rotatable bonds is 5.